The number of nitrogens with zero attached hydrogens (tertiary/aromatic N) is 2. The molecule has 3 nitrogen and oxygen atoms in total. The molecule has 1 heterocycles. The topological polar surface area (TPSA) is 32.5 Å². The number of benzene rings is 1. The van der Waals surface area contributed by atoms with Gasteiger partial charge in [0.05, 0.1) is 0 Å². The van der Waals surface area contributed by atoms with Crippen molar-refractivity contribution in [1.82, 2.24) is 4.90 Å². The zero-order chi connectivity index (χ0) is 10.8. The van der Waals surface area contributed by atoms with Crippen LogP contribution >= 0.6 is 12.6 Å². The van der Waals surface area contributed by atoms with Crippen LogP contribution in [0.5, 0.6) is 0 Å². The summed E-state index contributed by atoms with van der Waals surface area (Å²) in [6, 6.07) is 6.04. The van der Waals surface area contributed by atoms with E-state index in [4.69, 9.17) is 5.73 Å². The van der Waals surface area contributed by atoms with Crippen molar-refractivity contribution >= 4 is 24.0 Å². The summed E-state index contributed by atoms with van der Waals surface area (Å²) in [5.41, 5.74) is 7.71. The van der Waals surface area contributed by atoms with Gasteiger partial charge in [0, 0.05) is 42.4 Å². The smallest absolute Gasteiger partial charge is 0.0451 e. The Morgan fingerprint density at radius 2 is 1.87 bits per heavy atom. The Morgan fingerprint density at radius 1 is 1.20 bits per heavy atom. The van der Waals surface area contributed by atoms with Crippen LogP contribution in [-0.4, -0.2) is 38.1 Å². The van der Waals surface area contributed by atoms with Crippen LogP contribution in [0, 0.1) is 0 Å². The van der Waals surface area contributed by atoms with Crippen LogP contribution in [0.15, 0.2) is 23.1 Å². The molecule has 1 aromatic carbocycles. The zero-order valence-electron chi connectivity index (χ0n) is 8.98. The number of nitrogens with two attached hydrogens (primary N) is 1. The molecule has 2 rings (SSSR count). The molecule has 0 bridgehead atoms. The van der Waals surface area contributed by atoms with Crippen molar-refractivity contribution in [2.45, 2.75) is 4.90 Å². The molecule has 0 saturated carbocycles. The second-order valence-corrected chi connectivity index (χ2v) is 4.52. The summed E-state index contributed by atoms with van der Waals surface area (Å²) in [4.78, 5) is 5.58. The van der Waals surface area contributed by atoms with E-state index >= 15 is 0 Å². The van der Waals surface area contributed by atoms with Crippen LogP contribution in [0.1, 0.15) is 0 Å². The second-order valence-electron chi connectivity index (χ2n) is 4.03. The maximum atomic E-state index is 5.74. The van der Waals surface area contributed by atoms with E-state index in [2.05, 4.69) is 35.5 Å². The SMILES string of the molecule is CN1CCN(c2ccc(N)c(S)c2)CC1. The first kappa shape index (κ1) is 10.6. The lowest BCUT2D eigenvalue weighted by atomic mass is 10.2. The molecular weight excluding hydrogens is 206 g/mol. The Balaban J connectivity index is 2.12. The molecule has 1 saturated heterocycles. The molecule has 82 valence electrons. The van der Waals surface area contributed by atoms with E-state index in [1.54, 1.807) is 0 Å². The van der Waals surface area contributed by atoms with Crippen LogP contribution in [0.25, 0.3) is 0 Å². The number of hydrogen-bond donors (Lipinski definition) is 2. The Labute approximate surface area is 96.3 Å². The van der Waals surface area contributed by atoms with Crippen molar-refractivity contribution in [1.29, 1.82) is 0 Å². The minimum Gasteiger partial charge on any atom is -0.398 e. The third-order valence-corrected chi connectivity index (χ3v) is 3.27. The fraction of sp³-hybridized carbons (Fsp3) is 0.455. The van der Waals surface area contributed by atoms with E-state index < -0.39 is 0 Å². The summed E-state index contributed by atoms with van der Waals surface area (Å²) in [5, 5.41) is 0. The summed E-state index contributed by atoms with van der Waals surface area (Å²) >= 11 is 4.34. The van der Waals surface area contributed by atoms with Gasteiger partial charge in [-0.05, 0) is 25.2 Å². The fourth-order valence-electron chi connectivity index (χ4n) is 1.79. The maximum absolute atomic E-state index is 5.74. The van der Waals surface area contributed by atoms with Gasteiger partial charge in [0.1, 0.15) is 0 Å². The Bertz CT molecular complexity index is 346. The second kappa shape index (κ2) is 4.33. The first-order valence-corrected chi connectivity index (χ1v) is 5.63. The van der Waals surface area contributed by atoms with E-state index in [-0.39, 0.29) is 0 Å². The standard InChI is InChI=1S/C11H17N3S/c1-13-4-6-14(7-5-13)9-2-3-10(12)11(15)8-9/h2-3,8,15H,4-7,12H2,1H3. The van der Waals surface area contributed by atoms with E-state index in [9.17, 15) is 0 Å². The number of piperazine rings is 1. The molecule has 0 unspecified atom stereocenters. The number of thiol groups is 1. The normalized spacial score (nSPS) is 18.1. The first-order chi connectivity index (χ1) is 7.16. The van der Waals surface area contributed by atoms with Crippen LogP contribution < -0.4 is 10.6 Å². The van der Waals surface area contributed by atoms with Gasteiger partial charge in [-0.3, -0.25) is 0 Å². The van der Waals surface area contributed by atoms with Crippen molar-refractivity contribution in [2.75, 3.05) is 43.9 Å². The lowest BCUT2D eigenvalue weighted by Gasteiger charge is -2.34. The van der Waals surface area contributed by atoms with Gasteiger partial charge in [-0.15, -0.1) is 12.6 Å². The molecule has 0 radical (unpaired) electrons. The molecule has 0 atom stereocenters. The maximum Gasteiger partial charge on any atom is 0.0451 e. The van der Waals surface area contributed by atoms with E-state index in [1.165, 1.54) is 5.69 Å². The highest BCUT2D eigenvalue weighted by atomic mass is 32.1. The molecule has 0 aromatic heterocycles. The van der Waals surface area contributed by atoms with E-state index in [0.717, 1.165) is 36.8 Å². The van der Waals surface area contributed by atoms with Gasteiger partial charge in [0.25, 0.3) is 0 Å². The van der Waals surface area contributed by atoms with Crippen molar-refractivity contribution in [2.24, 2.45) is 0 Å². The van der Waals surface area contributed by atoms with Crippen molar-refractivity contribution < 1.29 is 0 Å². The van der Waals surface area contributed by atoms with E-state index in [0.29, 0.717) is 0 Å². The van der Waals surface area contributed by atoms with Gasteiger partial charge < -0.3 is 15.5 Å². The third kappa shape index (κ3) is 2.38. The summed E-state index contributed by atoms with van der Waals surface area (Å²) < 4.78 is 0. The first-order valence-electron chi connectivity index (χ1n) is 5.19. The van der Waals surface area contributed by atoms with Crippen LogP contribution in [0.3, 0.4) is 0 Å². The average molecular weight is 223 g/mol. The van der Waals surface area contributed by atoms with Crippen LogP contribution in [-0.2, 0) is 0 Å². The van der Waals surface area contributed by atoms with E-state index in [1.807, 2.05) is 12.1 Å². The highest BCUT2D eigenvalue weighted by molar-refractivity contribution is 7.80. The lowest BCUT2D eigenvalue weighted by molar-refractivity contribution is 0.313. The van der Waals surface area contributed by atoms with Crippen molar-refractivity contribution in [3.8, 4) is 0 Å². The Morgan fingerprint density at radius 3 is 2.47 bits per heavy atom. The summed E-state index contributed by atoms with van der Waals surface area (Å²) in [7, 11) is 2.16. The predicted molar refractivity (Wildman–Crippen MR) is 67.8 cm³/mol. The molecule has 4 heteroatoms. The minimum absolute atomic E-state index is 0.746. The van der Waals surface area contributed by atoms with Gasteiger partial charge in [0.2, 0.25) is 0 Å². The number of rotatable bonds is 1. The van der Waals surface area contributed by atoms with Gasteiger partial charge in [0.15, 0.2) is 0 Å². The van der Waals surface area contributed by atoms with Gasteiger partial charge in [-0.25, -0.2) is 0 Å². The highest BCUT2D eigenvalue weighted by Crippen LogP contribution is 2.24. The molecule has 1 aliphatic heterocycles. The van der Waals surface area contributed by atoms with Crippen molar-refractivity contribution in [3.63, 3.8) is 0 Å². The quantitative estimate of drug-likeness (QED) is 0.556. The summed E-state index contributed by atoms with van der Waals surface area (Å²) in [5.74, 6) is 0. The summed E-state index contributed by atoms with van der Waals surface area (Å²) in [6.07, 6.45) is 0. The predicted octanol–water partition coefficient (Wildman–Crippen LogP) is 1.31. The highest BCUT2D eigenvalue weighted by Gasteiger charge is 2.14. The molecule has 15 heavy (non-hydrogen) atoms. The molecule has 0 spiro atoms. The Kier molecular flexibility index (Phi) is 3.07. The van der Waals surface area contributed by atoms with Crippen LogP contribution in [0.2, 0.25) is 0 Å². The summed E-state index contributed by atoms with van der Waals surface area (Å²) in [6.45, 7) is 4.39. The van der Waals surface area contributed by atoms with Gasteiger partial charge >= 0.3 is 0 Å². The molecule has 0 amide bonds. The number of nitrogen functional groups attached to an aromatic ring is 1. The number of anilines is 2. The number of likely N-dealkylation sites (N-methyl/N-ethyl adjacent to an activating group) is 1. The zero-order valence-corrected chi connectivity index (χ0v) is 9.87. The Hall–Kier alpha value is -0.870. The lowest BCUT2D eigenvalue weighted by Crippen LogP contribution is -2.44. The fourth-order valence-corrected chi connectivity index (χ4v) is 2.00. The largest absolute Gasteiger partial charge is 0.398 e. The molecule has 0 aliphatic carbocycles. The average Bonchev–Trinajstić information content (AvgIpc) is 2.23. The molecule has 1 fully saturated rings. The van der Waals surface area contributed by atoms with Crippen molar-refractivity contribution in [3.05, 3.63) is 18.2 Å². The van der Waals surface area contributed by atoms with Crippen LogP contribution in [0.4, 0.5) is 11.4 Å². The monoisotopic (exact) mass is 223 g/mol. The molecular formula is C11H17N3S. The minimum atomic E-state index is 0.746. The molecule has 2 N–H and O–H groups in total. The van der Waals surface area contributed by atoms with Gasteiger partial charge in [-0.1, -0.05) is 0 Å². The molecule has 1 aliphatic rings. The number of hydrogen-bond acceptors (Lipinski definition) is 4. The van der Waals surface area contributed by atoms with Gasteiger partial charge in [-0.2, -0.15) is 0 Å². The third-order valence-electron chi connectivity index (χ3n) is 2.88. The molecule has 1 aromatic rings.